The third-order valence-corrected chi connectivity index (χ3v) is 4.46. The summed E-state index contributed by atoms with van der Waals surface area (Å²) in [5.41, 5.74) is -0.213. The van der Waals surface area contributed by atoms with Gasteiger partial charge in [0.1, 0.15) is 0 Å². The fourth-order valence-electron chi connectivity index (χ4n) is 0.333. The van der Waals surface area contributed by atoms with Gasteiger partial charge in [0, 0.05) is 16.1 Å². The van der Waals surface area contributed by atoms with Gasteiger partial charge in [0.2, 0.25) is 0 Å². The minimum atomic E-state index is -2.46. The summed E-state index contributed by atoms with van der Waals surface area (Å²) in [5.74, 6) is 0. The predicted octanol–water partition coefficient (Wildman–Crippen LogP) is 1.24. The van der Waals surface area contributed by atoms with Gasteiger partial charge in [0.15, 0.2) is 0 Å². The first-order valence-electron chi connectivity index (χ1n) is 4.78. The van der Waals surface area contributed by atoms with Gasteiger partial charge in [-0.15, -0.1) is 0 Å². The third kappa shape index (κ3) is 14.9. The minimum Gasteiger partial charge on any atom is -0.801 e. The van der Waals surface area contributed by atoms with Crippen LogP contribution in [0.25, 0.3) is 0 Å². The van der Waals surface area contributed by atoms with E-state index in [1.165, 1.54) is 0 Å². The van der Waals surface area contributed by atoms with Crippen molar-refractivity contribution in [3.63, 3.8) is 0 Å². The zero-order chi connectivity index (χ0) is 11.7. The standard InChI is InChI=1S/2C4H11O2P.Fe/c2*1-3-4(2)7(5)6;/h2*4,7H,3H2,1-2H3,(H,5,6);/q;;+2/p-2. The Bertz CT molecular complexity index is 169. The van der Waals surface area contributed by atoms with Crippen molar-refractivity contribution >= 4 is 16.1 Å². The van der Waals surface area contributed by atoms with E-state index in [2.05, 4.69) is 0 Å². The molecule has 0 aromatic carbocycles. The predicted molar refractivity (Wildman–Crippen MR) is 57.5 cm³/mol. The Hall–Kier alpha value is 0.899. The normalized spacial score (nSPS) is 17.5. The molecule has 0 spiro atoms. The van der Waals surface area contributed by atoms with Crippen LogP contribution >= 0.6 is 16.1 Å². The van der Waals surface area contributed by atoms with Crippen molar-refractivity contribution in [1.29, 1.82) is 0 Å². The molecule has 0 saturated carbocycles. The minimum absolute atomic E-state index is 0. The Morgan fingerprint density at radius 2 is 1.13 bits per heavy atom. The maximum Gasteiger partial charge on any atom is 2.00 e. The van der Waals surface area contributed by atoms with Crippen LogP contribution in [0.2, 0.25) is 0 Å². The summed E-state index contributed by atoms with van der Waals surface area (Å²) in [7, 11) is -4.93. The summed E-state index contributed by atoms with van der Waals surface area (Å²) in [5, 5.41) is 0. The molecule has 4 nitrogen and oxygen atoms in total. The second-order valence-electron chi connectivity index (χ2n) is 3.26. The Labute approximate surface area is 104 Å². The molecule has 0 bridgehead atoms. The van der Waals surface area contributed by atoms with Crippen LogP contribution in [-0.4, -0.2) is 11.3 Å². The van der Waals surface area contributed by atoms with Crippen molar-refractivity contribution in [3.8, 4) is 0 Å². The van der Waals surface area contributed by atoms with Gasteiger partial charge in [-0.2, -0.15) is 0 Å². The van der Waals surface area contributed by atoms with E-state index < -0.39 is 16.1 Å². The average molecular weight is 298 g/mol. The molecule has 0 radical (unpaired) electrons. The van der Waals surface area contributed by atoms with E-state index in [4.69, 9.17) is 0 Å². The van der Waals surface area contributed by atoms with Gasteiger partial charge in [-0.1, -0.05) is 27.7 Å². The first-order valence-corrected chi connectivity index (χ1v) is 7.57. The maximum atomic E-state index is 10.0. The smallest absolute Gasteiger partial charge is 0.801 e. The van der Waals surface area contributed by atoms with Crippen molar-refractivity contribution in [2.45, 2.75) is 51.9 Å². The average Bonchev–Trinajstić information content (AvgIpc) is 2.15. The van der Waals surface area contributed by atoms with E-state index in [-0.39, 0.29) is 28.4 Å². The second kappa shape index (κ2) is 13.0. The van der Waals surface area contributed by atoms with E-state index in [0.29, 0.717) is 0 Å². The second-order valence-corrected chi connectivity index (χ2v) is 6.50. The number of hydrogen-bond acceptors (Lipinski definition) is 4. The number of rotatable bonds is 4. The summed E-state index contributed by atoms with van der Waals surface area (Å²) in [6, 6.07) is 0. The molecule has 0 saturated heterocycles. The molecule has 0 N–H and O–H groups in total. The molecule has 0 rings (SSSR count). The van der Waals surface area contributed by atoms with Crippen molar-refractivity contribution in [1.82, 2.24) is 0 Å². The molecule has 0 heterocycles. The molecular weight excluding hydrogens is 278 g/mol. The molecule has 0 aliphatic heterocycles. The summed E-state index contributed by atoms with van der Waals surface area (Å²) in [6.45, 7) is 7.17. The van der Waals surface area contributed by atoms with Crippen LogP contribution in [-0.2, 0) is 26.2 Å². The van der Waals surface area contributed by atoms with Crippen LogP contribution in [0, 0.1) is 0 Å². The SMILES string of the molecule is CCC(C)[PH](=O)[O-].CCC(C)[PH](=O)[O-].[Fe+2]. The monoisotopic (exact) mass is 298 g/mol. The molecule has 0 aliphatic carbocycles. The zero-order valence-corrected chi connectivity index (χ0v) is 12.7. The first-order chi connectivity index (χ1) is 6.36. The van der Waals surface area contributed by atoms with Crippen molar-refractivity contribution in [2.75, 3.05) is 0 Å². The van der Waals surface area contributed by atoms with E-state index in [0.717, 1.165) is 12.8 Å². The van der Waals surface area contributed by atoms with Crippen LogP contribution in [0.4, 0.5) is 0 Å². The van der Waals surface area contributed by atoms with Crippen LogP contribution in [0.1, 0.15) is 40.5 Å². The molecule has 0 aromatic heterocycles. The molecule has 0 amide bonds. The summed E-state index contributed by atoms with van der Waals surface area (Å²) in [6.07, 6.45) is 1.47. The maximum absolute atomic E-state index is 10.0. The summed E-state index contributed by atoms with van der Waals surface area (Å²) < 4.78 is 20.0. The molecular formula is C8H20FeO4P2. The van der Waals surface area contributed by atoms with Crippen LogP contribution in [0.5, 0.6) is 0 Å². The van der Waals surface area contributed by atoms with Crippen LogP contribution < -0.4 is 9.79 Å². The fourth-order valence-corrected chi connectivity index (χ4v) is 1.00. The van der Waals surface area contributed by atoms with Gasteiger partial charge < -0.3 is 18.9 Å². The molecule has 0 aromatic rings. The summed E-state index contributed by atoms with van der Waals surface area (Å²) in [4.78, 5) is 20.0. The fraction of sp³-hybridized carbons (Fsp3) is 1.00. The molecule has 4 atom stereocenters. The Kier molecular flexibility index (Phi) is 18.3. The van der Waals surface area contributed by atoms with Gasteiger partial charge in [-0.25, -0.2) is 0 Å². The van der Waals surface area contributed by atoms with E-state index in [1.54, 1.807) is 13.8 Å². The molecule has 7 heteroatoms. The van der Waals surface area contributed by atoms with Gasteiger partial charge in [-0.05, 0) is 24.2 Å². The van der Waals surface area contributed by atoms with E-state index >= 15 is 0 Å². The molecule has 4 unspecified atom stereocenters. The Morgan fingerprint density at radius 1 is 0.933 bits per heavy atom. The quantitative estimate of drug-likeness (QED) is 0.577. The largest absolute Gasteiger partial charge is 2.00 e. The van der Waals surface area contributed by atoms with E-state index in [9.17, 15) is 18.9 Å². The topological polar surface area (TPSA) is 80.3 Å². The molecule has 0 fully saturated rings. The third-order valence-electron chi connectivity index (χ3n) is 2.03. The van der Waals surface area contributed by atoms with Gasteiger partial charge in [0.25, 0.3) is 0 Å². The van der Waals surface area contributed by atoms with Gasteiger partial charge >= 0.3 is 17.1 Å². The van der Waals surface area contributed by atoms with Crippen LogP contribution in [0.15, 0.2) is 0 Å². The van der Waals surface area contributed by atoms with E-state index in [1.807, 2.05) is 13.8 Å². The van der Waals surface area contributed by atoms with Crippen molar-refractivity contribution in [3.05, 3.63) is 0 Å². The Morgan fingerprint density at radius 3 is 1.13 bits per heavy atom. The molecule has 94 valence electrons. The first kappa shape index (κ1) is 21.2. The summed E-state index contributed by atoms with van der Waals surface area (Å²) >= 11 is 0. The molecule has 0 aliphatic rings. The molecule has 15 heavy (non-hydrogen) atoms. The van der Waals surface area contributed by atoms with Crippen molar-refractivity contribution in [2.24, 2.45) is 0 Å². The van der Waals surface area contributed by atoms with Crippen molar-refractivity contribution < 1.29 is 36.0 Å². The van der Waals surface area contributed by atoms with Gasteiger partial charge in [-0.3, -0.25) is 0 Å². The number of hydrogen-bond donors (Lipinski definition) is 0. The van der Waals surface area contributed by atoms with Crippen LogP contribution in [0.3, 0.4) is 0 Å². The van der Waals surface area contributed by atoms with Gasteiger partial charge in [0.05, 0.1) is 0 Å². The zero-order valence-electron chi connectivity index (χ0n) is 9.56. The Balaban J connectivity index is -0.000000180.